The third-order valence-electron chi connectivity index (χ3n) is 5.12. The van der Waals surface area contributed by atoms with Gasteiger partial charge in [-0.3, -0.25) is 0 Å². The Morgan fingerprint density at radius 2 is 1.14 bits per heavy atom. The number of hydrogen-bond acceptors (Lipinski definition) is 2. The average molecular weight is 360 g/mol. The number of rotatable bonds is 3. The molecule has 1 heterocycles. The van der Waals surface area contributed by atoms with Crippen molar-refractivity contribution in [2.24, 2.45) is 4.99 Å². The SMILES string of the molecule is c1ccc(C2=Nc3ccccc3N(c3ccccc3)[C@H]2c2ccccc2)cc1. The number of anilines is 2. The number of para-hydroxylation sites is 3. The van der Waals surface area contributed by atoms with E-state index in [9.17, 15) is 0 Å². The number of aliphatic imine (C=N–C) groups is 1. The summed E-state index contributed by atoms with van der Waals surface area (Å²) in [5, 5.41) is 0. The first-order chi connectivity index (χ1) is 13.9. The lowest BCUT2D eigenvalue weighted by atomic mass is 9.92. The summed E-state index contributed by atoms with van der Waals surface area (Å²) < 4.78 is 0. The number of hydrogen-bond donors (Lipinski definition) is 0. The smallest absolute Gasteiger partial charge is 0.102 e. The highest BCUT2D eigenvalue weighted by molar-refractivity contribution is 6.11. The van der Waals surface area contributed by atoms with Crippen LogP contribution in [0.3, 0.4) is 0 Å². The first kappa shape index (κ1) is 16.5. The van der Waals surface area contributed by atoms with Crippen molar-refractivity contribution in [3.63, 3.8) is 0 Å². The second-order valence-corrected chi connectivity index (χ2v) is 6.87. The second kappa shape index (κ2) is 7.16. The van der Waals surface area contributed by atoms with Crippen molar-refractivity contribution < 1.29 is 0 Å². The summed E-state index contributed by atoms with van der Waals surface area (Å²) in [4.78, 5) is 7.53. The molecule has 28 heavy (non-hydrogen) atoms. The minimum absolute atomic E-state index is 0.000833. The van der Waals surface area contributed by atoms with E-state index < -0.39 is 0 Å². The molecule has 2 heteroatoms. The van der Waals surface area contributed by atoms with Gasteiger partial charge >= 0.3 is 0 Å². The van der Waals surface area contributed by atoms with Gasteiger partial charge in [0.25, 0.3) is 0 Å². The highest BCUT2D eigenvalue weighted by atomic mass is 15.2. The van der Waals surface area contributed by atoms with Crippen molar-refractivity contribution in [3.8, 4) is 0 Å². The van der Waals surface area contributed by atoms with Crippen LogP contribution in [0, 0.1) is 0 Å². The van der Waals surface area contributed by atoms with Crippen molar-refractivity contribution in [1.29, 1.82) is 0 Å². The van der Waals surface area contributed by atoms with Crippen LogP contribution in [-0.4, -0.2) is 5.71 Å². The zero-order valence-corrected chi connectivity index (χ0v) is 15.4. The summed E-state index contributed by atoms with van der Waals surface area (Å²) in [5.74, 6) is 0. The number of fused-ring (bicyclic) bond motifs is 1. The van der Waals surface area contributed by atoms with E-state index in [1.54, 1.807) is 0 Å². The van der Waals surface area contributed by atoms with Crippen LogP contribution in [-0.2, 0) is 0 Å². The number of benzene rings is 4. The lowest BCUT2D eigenvalue weighted by molar-refractivity contribution is 0.878. The lowest BCUT2D eigenvalue weighted by Gasteiger charge is -2.39. The van der Waals surface area contributed by atoms with E-state index in [2.05, 4.69) is 114 Å². The Hall–Kier alpha value is -3.65. The van der Waals surface area contributed by atoms with Crippen LogP contribution in [0.1, 0.15) is 17.2 Å². The normalized spacial score (nSPS) is 15.6. The van der Waals surface area contributed by atoms with Gasteiger partial charge in [0.2, 0.25) is 0 Å². The van der Waals surface area contributed by atoms with E-state index in [0.717, 1.165) is 28.3 Å². The predicted molar refractivity (Wildman–Crippen MR) is 117 cm³/mol. The third kappa shape index (κ3) is 2.89. The van der Waals surface area contributed by atoms with E-state index >= 15 is 0 Å². The highest BCUT2D eigenvalue weighted by Gasteiger charge is 2.33. The molecule has 0 amide bonds. The van der Waals surface area contributed by atoms with E-state index in [0.29, 0.717) is 0 Å². The minimum atomic E-state index is 0.000833. The summed E-state index contributed by atoms with van der Waals surface area (Å²) in [5.41, 5.74) is 6.72. The summed E-state index contributed by atoms with van der Waals surface area (Å²) in [6, 6.07) is 40.1. The monoisotopic (exact) mass is 360 g/mol. The molecule has 0 radical (unpaired) electrons. The quantitative estimate of drug-likeness (QED) is 0.397. The molecule has 0 unspecified atom stereocenters. The predicted octanol–water partition coefficient (Wildman–Crippen LogP) is 6.70. The zero-order chi connectivity index (χ0) is 18.8. The second-order valence-electron chi connectivity index (χ2n) is 6.87. The van der Waals surface area contributed by atoms with Gasteiger partial charge < -0.3 is 4.90 Å². The topological polar surface area (TPSA) is 15.6 Å². The molecule has 0 bridgehead atoms. The number of nitrogens with zero attached hydrogens (tertiary/aromatic N) is 2. The van der Waals surface area contributed by atoms with Crippen LogP contribution in [0.5, 0.6) is 0 Å². The van der Waals surface area contributed by atoms with Gasteiger partial charge in [0.1, 0.15) is 6.04 Å². The Kier molecular flexibility index (Phi) is 4.23. The molecule has 5 rings (SSSR count). The van der Waals surface area contributed by atoms with Crippen LogP contribution in [0.25, 0.3) is 0 Å². The fourth-order valence-corrected chi connectivity index (χ4v) is 3.87. The van der Waals surface area contributed by atoms with E-state index in [4.69, 9.17) is 4.99 Å². The van der Waals surface area contributed by atoms with Crippen molar-refractivity contribution >= 4 is 22.8 Å². The van der Waals surface area contributed by atoms with Gasteiger partial charge in [0, 0.05) is 5.69 Å². The molecule has 0 N–H and O–H groups in total. The Morgan fingerprint density at radius 1 is 0.571 bits per heavy atom. The van der Waals surface area contributed by atoms with Gasteiger partial charge in [-0.2, -0.15) is 0 Å². The van der Waals surface area contributed by atoms with Crippen LogP contribution >= 0.6 is 0 Å². The van der Waals surface area contributed by atoms with E-state index in [-0.39, 0.29) is 6.04 Å². The van der Waals surface area contributed by atoms with Gasteiger partial charge in [0.15, 0.2) is 0 Å². The Labute approximate surface area is 165 Å². The van der Waals surface area contributed by atoms with Crippen LogP contribution < -0.4 is 4.90 Å². The van der Waals surface area contributed by atoms with Crippen molar-refractivity contribution in [1.82, 2.24) is 0 Å². The maximum Gasteiger partial charge on any atom is 0.102 e. The van der Waals surface area contributed by atoms with E-state index in [1.165, 1.54) is 5.56 Å². The summed E-state index contributed by atoms with van der Waals surface area (Å²) in [6.45, 7) is 0. The Morgan fingerprint density at radius 3 is 1.86 bits per heavy atom. The van der Waals surface area contributed by atoms with Gasteiger partial charge in [0.05, 0.1) is 17.1 Å². The first-order valence-corrected chi connectivity index (χ1v) is 9.54. The molecule has 4 aromatic rings. The molecule has 0 saturated carbocycles. The van der Waals surface area contributed by atoms with Gasteiger partial charge in [-0.15, -0.1) is 0 Å². The maximum absolute atomic E-state index is 5.12. The molecule has 0 aliphatic carbocycles. The largest absolute Gasteiger partial charge is 0.326 e. The van der Waals surface area contributed by atoms with Gasteiger partial charge in [-0.25, -0.2) is 4.99 Å². The molecule has 1 atom stereocenters. The van der Waals surface area contributed by atoms with Crippen molar-refractivity contribution in [2.45, 2.75) is 6.04 Å². The molecule has 1 aliphatic rings. The van der Waals surface area contributed by atoms with Crippen molar-refractivity contribution in [2.75, 3.05) is 4.90 Å². The Bertz CT molecular complexity index is 1100. The standard InChI is InChI=1S/C26H20N2/c1-4-12-20(13-5-1)25-26(21-14-6-2-7-15-21)28(22-16-8-3-9-17-22)24-19-11-10-18-23(24)27-25/h1-19,26H/t26-/m0/s1. The molecule has 0 spiro atoms. The third-order valence-corrected chi connectivity index (χ3v) is 5.12. The maximum atomic E-state index is 5.12. The van der Waals surface area contributed by atoms with Crippen LogP contribution in [0.4, 0.5) is 17.1 Å². The fraction of sp³-hybridized carbons (Fsp3) is 0.0385. The van der Waals surface area contributed by atoms with Gasteiger partial charge in [-0.1, -0.05) is 91.0 Å². The zero-order valence-electron chi connectivity index (χ0n) is 15.4. The Balaban J connectivity index is 1.79. The fourth-order valence-electron chi connectivity index (χ4n) is 3.87. The van der Waals surface area contributed by atoms with E-state index in [1.807, 2.05) is 6.07 Å². The molecular weight excluding hydrogens is 340 g/mol. The average Bonchev–Trinajstić information content (AvgIpc) is 2.79. The molecule has 1 aliphatic heterocycles. The van der Waals surface area contributed by atoms with Crippen molar-refractivity contribution in [3.05, 3.63) is 126 Å². The molecular formula is C26H20N2. The lowest BCUT2D eigenvalue weighted by Crippen LogP contribution is -2.33. The minimum Gasteiger partial charge on any atom is -0.326 e. The summed E-state index contributed by atoms with van der Waals surface area (Å²) in [7, 11) is 0. The molecule has 4 aromatic carbocycles. The van der Waals surface area contributed by atoms with Crippen LogP contribution in [0.15, 0.2) is 120 Å². The van der Waals surface area contributed by atoms with Crippen LogP contribution in [0.2, 0.25) is 0 Å². The molecule has 0 aromatic heterocycles. The molecule has 2 nitrogen and oxygen atoms in total. The highest BCUT2D eigenvalue weighted by Crippen LogP contribution is 2.45. The van der Waals surface area contributed by atoms with Gasteiger partial charge in [-0.05, 0) is 35.4 Å². The summed E-state index contributed by atoms with van der Waals surface area (Å²) in [6.07, 6.45) is 0. The molecule has 0 saturated heterocycles. The first-order valence-electron chi connectivity index (χ1n) is 9.54. The summed E-state index contributed by atoms with van der Waals surface area (Å²) >= 11 is 0. The molecule has 0 fully saturated rings. The molecule has 134 valence electrons.